The van der Waals surface area contributed by atoms with Gasteiger partial charge in [0.1, 0.15) is 5.75 Å². The van der Waals surface area contributed by atoms with E-state index in [2.05, 4.69) is 43.3 Å². The number of aliphatic hydroxyl groups is 1. The Kier molecular flexibility index (Phi) is 7.84. The van der Waals surface area contributed by atoms with Crippen molar-refractivity contribution in [3.63, 3.8) is 0 Å². The van der Waals surface area contributed by atoms with Crippen LogP contribution in [0.4, 0.5) is 0 Å². The highest BCUT2D eigenvalue weighted by Crippen LogP contribution is 2.23. The van der Waals surface area contributed by atoms with Gasteiger partial charge in [-0.2, -0.15) is 0 Å². The predicted octanol–water partition coefficient (Wildman–Crippen LogP) is 5.63. The molecular weight excluding hydrogens is 296 g/mol. The van der Waals surface area contributed by atoms with E-state index in [9.17, 15) is 5.11 Å². The minimum atomic E-state index is -0.297. The number of unbranched alkanes of at least 4 members (excludes halogenated alkanes) is 4. The molecule has 0 aliphatic carbocycles. The fourth-order valence-corrected chi connectivity index (χ4v) is 2.81. The Morgan fingerprint density at radius 3 is 2.00 bits per heavy atom. The number of aliphatic hydroxyl groups excluding tert-OH is 1. The van der Waals surface area contributed by atoms with E-state index in [1.165, 1.54) is 36.8 Å². The summed E-state index contributed by atoms with van der Waals surface area (Å²) in [6, 6.07) is 16.7. The van der Waals surface area contributed by atoms with Gasteiger partial charge in [0.25, 0.3) is 0 Å². The second-order valence-electron chi connectivity index (χ2n) is 6.54. The summed E-state index contributed by atoms with van der Waals surface area (Å²) in [5.74, 6) is 0.944. The van der Waals surface area contributed by atoms with Gasteiger partial charge in [0.2, 0.25) is 0 Å². The standard InChI is InChI=1S/C22H30O2/c1-3-4-5-6-7-16-24-22-14-12-21(13-15-22)20-10-8-19(9-11-20)17-18(2)23/h8-15,18,23H,3-7,16-17H2,1-2H3. The zero-order chi connectivity index (χ0) is 17.2. The molecule has 24 heavy (non-hydrogen) atoms. The molecule has 0 bridgehead atoms. The maximum absolute atomic E-state index is 9.44. The van der Waals surface area contributed by atoms with Gasteiger partial charge in [-0.3, -0.25) is 0 Å². The Bertz CT molecular complexity index is 570. The molecule has 0 aliphatic heterocycles. The van der Waals surface area contributed by atoms with Crippen molar-refractivity contribution < 1.29 is 9.84 Å². The van der Waals surface area contributed by atoms with Crippen LogP contribution in [0.5, 0.6) is 5.75 Å². The van der Waals surface area contributed by atoms with Crippen LogP contribution in [0.25, 0.3) is 11.1 Å². The zero-order valence-corrected chi connectivity index (χ0v) is 15.0. The Labute approximate surface area is 146 Å². The Morgan fingerprint density at radius 1 is 0.833 bits per heavy atom. The summed E-state index contributed by atoms with van der Waals surface area (Å²) < 4.78 is 5.81. The van der Waals surface area contributed by atoms with Crippen molar-refractivity contribution in [3.05, 3.63) is 54.1 Å². The zero-order valence-electron chi connectivity index (χ0n) is 15.0. The second-order valence-corrected chi connectivity index (χ2v) is 6.54. The molecule has 1 N–H and O–H groups in total. The number of benzene rings is 2. The van der Waals surface area contributed by atoms with Gasteiger partial charge in [-0.1, -0.05) is 69.0 Å². The van der Waals surface area contributed by atoms with Crippen LogP contribution >= 0.6 is 0 Å². The normalized spacial score (nSPS) is 12.1. The molecule has 2 aromatic rings. The lowest BCUT2D eigenvalue weighted by molar-refractivity contribution is 0.195. The van der Waals surface area contributed by atoms with Gasteiger partial charge in [0, 0.05) is 0 Å². The molecule has 2 heteroatoms. The van der Waals surface area contributed by atoms with Gasteiger partial charge in [0.15, 0.2) is 0 Å². The molecular formula is C22H30O2. The SMILES string of the molecule is CCCCCCCOc1ccc(-c2ccc(CC(C)O)cc2)cc1. The lowest BCUT2D eigenvalue weighted by atomic mass is 10.0. The fourth-order valence-electron chi connectivity index (χ4n) is 2.81. The third-order valence-electron chi connectivity index (χ3n) is 4.19. The Morgan fingerprint density at radius 2 is 1.42 bits per heavy atom. The fraction of sp³-hybridized carbons (Fsp3) is 0.455. The highest BCUT2D eigenvalue weighted by Gasteiger charge is 2.02. The van der Waals surface area contributed by atoms with Gasteiger partial charge >= 0.3 is 0 Å². The van der Waals surface area contributed by atoms with Crippen LogP contribution < -0.4 is 4.74 Å². The van der Waals surface area contributed by atoms with E-state index in [0.717, 1.165) is 24.3 Å². The van der Waals surface area contributed by atoms with Crippen LogP contribution in [0.3, 0.4) is 0 Å². The minimum Gasteiger partial charge on any atom is -0.494 e. The maximum Gasteiger partial charge on any atom is 0.119 e. The molecule has 0 saturated heterocycles. The Hall–Kier alpha value is -1.80. The highest BCUT2D eigenvalue weighted by atomic mass is 16.5. The summed E-state index contributed by atoms with van der Waals surface area (Å²) in [5.41, 5.74) is 3.54. The monoisotopic (exact) mass is 326 g/mol. The molecule has 0 aliphatic rings. The van der Waals surface area contributed by atoms with E-state index in [0.29, 0.717) is 6.42 Å². The molecule has 130 valence electrons. The molecule has 0 heterocycles. The van der Waals surface area contributed by atoms with Crippen molar-refractivity contribution in [3.8, 4) is 16.9 Å². The molecule has 1 unspecified atom stereocenters. The molecule has 0 radical (unpaired) electrons. The van der Waals surface area contributed by atoms with Crippen LogP contribution in [0.1, 0.15) is 51.5 Å². The number of rotatable bonds is 10. The topological polar surface area (TPSA) is 29.5 Å². The highest BCUT2D eigenvalue weighted by molar-refractivity contribution is 5.64. The predicted molar refractivity (Wildman–Crippen MR) is 102 cm³/mol. The van der Waals surface area contributed by atoms with Gasteiger partial charge in [-0.25, -0.2) is 0 Å². The average molecular weight is 326 g/mol. The number of hydrogen-bond donors (Lipinski definition) is 1. The summed E-state index contributed by atoms with van der Waals surface area (Å²) in [6.45, 7) is 4.85. The van der Waals surface area contributed by atoms with Crippen LogP contribution in [-0.4, -0.2) is 17.8 Å². The van der Waals surface area contributed by atoms with Crippen molar-refractivity contribution in [1.82, 2.24) is 0 Å². The molecule has 2 rings (SSSR count). The van der Waals surface area contributed by atoms with Crippen LogP contribution in [0.15, 0.2) is 48.5 Å². The van der Waals surface area contributed by atoms with Crippen molar-refractivity contribution in [2.45, 2.75) is 58.5 Å². The first-order chi connectivity index (χ1) is 11.7. The van der Waals surface area contributed by atoms with Crippen LogP contribution in [-0.2, 0) is 6.42 Å². The maximum atomic E-state index is 9.44. The second kappa shape index (κ2) is 10.1. The van der Waals surface area contributed by atoms with E-state index in [4.69, 9.17) is 4.74 Å². The van der Waals surface area contributed by atoms with Crippen molar-refractivity contribution in [2.75, 3.05) is 6.61 Å². The molecule has 0 spiro atoms. The van der Waals surface area contributed by atoms with E-state index >= 15 is 0 Å². The lowest BCUT2D eigenvalue weighted by Gasteiger charge is -2.09. The molecule has 1 atom stereocenters. The van der Waals surface area contributed by atoms with Gasteiger partial charge in [0.05, 0.1) is 12.7 Å². The molecule has 2 nitrogen and oxygen atoms in total. The number of ether oxygens (including phenoxy) is 1. The van der Waals surface area contributed by atoms with E-state index in [1.807, 2.05) is 19.1 Å². The van der Waals surface area contributed by atoms with Crippen molar-refractivity contribution in [1.29, 1.82) is 0 Å². The molecule has 0 saturated carbocycles. The largest absolute Gasteiger partial charge is 0.494 e. The minimum absolute atomic E-state index is 0.297. The molecule has 0 aromatic heterocycles. The summed E-state index contributed by atoms with van der Waals surface area (Å²) in [5, 5.41) is 9.44. The van der Waals surface area contributed by atoms with Crippen LogP contribution in [0, 0.1) is 0 Å². The van der Waals surface area contributed by atoms with E-state index in [-0.39, 0.29) is 6.10 Å². The first-order valence-corrected chi connectivity index (χ1v) is 9.19. The van der Waals surface area contributed by atoms with Gasteiger partial charge < -0.3 is 9.84 Å². The first-order valence-electron chi connectivity index (χ1n) is 9.19. The Balaban J connectivity index is 1.83. The molecule has 0 fully saturated rings. The van der Waals surface area contributed by atoms with Crippen LogP contribution in [0.2, 0.25) is 0 Å². The van der Waals surface area contributed by atoms with Gasteiger partial charge in [-0.15, -0.1) is 0 Å². The lowest BCUT2D eigenvalue weighted by Crippen LogP contribution is -2.03. The summed E-state index contributed by atoms with van der Waals surface area (Å²) in [6.07, 6.45) is 6.70. The quantitative estimate of drug-likeness (QED) is 0.574. The summed E-state index contributed by atoms with van der Waals surface area (Å²) in [4.78, 5) is 0. The van der Waals surface area contributed by atoms with E-state index in [1.54, 1.807) is 0 Å². The van der Waals surface area contributed by atoms with Crippen molar-refractivity contribution in [2.24, 2.45) is 0 Å². The summed E-state index contributed by atoms with van der Waals surface area (Å²) >= 11 is 0. The molecule has 0 amide bonds. The third kappa shape index (κ3) is 6.37. The summed E-state index contributed by atoms with van der Waals surface area (Å²) in [7, 11) is 0. The first kappa shape index (κ1) is 18.5. The third-order valence-corrected chi connectivity index (χ3v) is 4.19. The average Bonchev–Trinajstić information content (AvgIpc) is 2.59. The van der Waals surface area contributed by atoms with E-state index < -0.39 is 0 Å². The number of hydrogen-bond acceptors (Lipinski definition) is 2. The molecule has 2 aromatic carbocycles. The van der Waals surface area contributed by atoms with Gasteiger partial charge in [-0.05, 0) is 48.6 Å². The van der Waals surface area contributed by atoms with Crippen molar-refractivity contribution >= 4 is 0 Å². The smallest absolute Gasteiger partial charge is 0.119 e.